The van der Waals surface area contributed by atoms with E-state index >= 15 is 0 Å². The number of aromatic amines is 1. The molecule has 1 aromatic heterocycles. The first kappa shape index (κ1) is 13.9. The van der Waals surface area contributed by atoms with Gasteiger partial charge in [0.15, 0.2) is 17.4 Å². The average molecular weight is 280 g/mol. The molecule has 1 aromatic carbocycles. The Morgan fingerprint density at radius 2 is 1.95 bits per heavy atom. The quantitative estimate of drug-likeness (QED) is 0.855. The topological polar surface area (TPSA) is 71.9 Å². The van der Waals surface area contributed by atoms with Gasteiger partial charge in [0.05, 0.1) is 12.1 Å². The lowest BCUT2D eigenvalue weighted by Crippen LogP contribution is -2.38. The van der Waals surface area contributed by atoms with Gasteiger partial charge in [0.1, 0.15) is 0 Å². The van der Waals surface area contributed by atoms with Crippen molar-refractivity contribution in [2.45, 2.75) is 13.5 Å². The first-order valence-electron chi connectivity index (χ1n) is 5.67. The number of halogens is 2. The third-order valence-corrected chi connectivity index (χ3v) is 2.76. The molecule has 1 heterocycles. The molecule has 5 nitrogen and oxygen atoms in total. The van der Waals surface area contributed by atoms with Gasteiger partial charge in [0.2, 0.25) is 0 Å². The number of benzene rings is 1. The van der Waals surface area contributed by atoms with Crippen LogP contribution in [0.25, 0.3) is 0 Å². The molecular formula is C13H10F2N2O3. The smallest absolute Gasteiger partial charge is 0.313 e. The Balaban J connectivity index is 2.50. The van der Waals surface area contributed by atoms with Crippen molar-refractivity contribution >= 4 is 5.78 Å². The zero-order valence-electron chi connectivity index (χ0n) is 10.4. The molecule has 104 valence electrons. The van der Waals surface area contributed by atoms with Gasteiger partial charge >= 0.3 is 5.69 Å². The van der Waals surface area contributed by atoms with E-state index < -0.39 is 28.7 Å². The van der Waals surface area contributed by atoms with Crippen LogP contribution in [0.1, 0.15) is 22.8 Å². The lowest BCUT2D eigenvalue weighted by Gasteiger charge is -2.06. The van der Waals surface area contributed by atoms with E-state index in [1.807, 2.05) is 0 Å². The van der Waals surface area contributed by atoms with Crippen LogP contribution in [0.5, 0.6) is 0 Å². The van der Waals surface area contributed by atoms with E-state index in [-0.39, 0.29) is 17.7 Å². The Kier molecular flexibility index (Phi) is 3.60. The zero-order chi connectivity index (χ0) is 14.9. The highest BCUT2D eigenvalue weighted by molar-refractivity contribution is 5.93. The minimum atomic E-state index is -1.07. The molecule has 0 radical (unpaired) electrons. The first-order chi connectivity index (χ1) is 9.40. The highest BCUT2D eigenvalue weighted by atomic mass is 19.2. The molecule has 1 N–H and O–H groups in total. The van der Waals surface area contributed by atoms with E-state index in [2.05, 4.69) is 4.98 Å². The fraction of sp³-hybridized carbons (Fsp3) is 0.154. The van der Waals surface area contributed by atoms with Crippen molar-refractivity contribution in [1.82, 2.24) is 9.55 Å². The second-order valence-electron chi connectivity index (χ2n) is 4.20. The molecule has 0 aliphatic carbocycles. The van der Waals surface area contributed by atoms with Gasteiger partial charge in [-0.1, -0.05) is 6.07 Å². The van der Waals surface area contributed by atoms with Crippen LogP contribution in [0, 0.1) is 11.6 Å². The number of hydrogen-bond acceptors (Lipinski definition) is 3. The predicted octanol–water partition coefficient (Wildman–Crippen LogP) is 1.07. The molecule has 0 saturated heterocycles. The number of H-pyrrole nitrogens is 1. The minimum Gasteiger partial charge on any atom is -0.313 e. The van der Waals surface area contributed by atoms with E-state index in [1.165, 1.54) is 13.0 Å². The number of ketones is 1. The number of nitrogens with zero attached hydrogens (tertiary/aromatic N) is 1. The van der Waals surface area contributed by atoms with Crippen LogP contribution in [0.2, 0.25) is 0 Å². The normalized spacial score (nSPS) is 10.6. The minimum absolute atomic E-state index is 0.174. The highest BCUT2D eigenvalue weighted by Gasteiger charge is 2.12. The molecule has 0 atom stereocenters. The van der Waals surface area contributed by atoms with Gasteiger partial charge in [0, 0.05) is 6.20 Å². The van der Waals surface area contributed by atoms with E-state index in [4.69, 9.17) is 0 Å². The number of carbonyl (C=O) groups is 1. The summed E-state index contributed by atoms with van der Waals surface area (Å²) in [5.74, 6) is -2.59. The third-order valence-electron chi connectivity index (χ3n) is 2.76. The van der Waals surface area contributed by atoms with Crippen molar-refractivity contribution in [3.63, 3.8) is 0 Å². The Hall–Kier alpha value is -2.57. The van der Waals surface area contributed by atoms with Gasteiger partial charge in [-0.25, -0.2) is 13.6 Å². The van der Waals surface area contributed by atoms with Crippen LogP contribution in [0.4, 0.5) is 8.78 Å². The Bertz CT molecular complexity index is 793. The summed E-state index contributed by atoms with van der Waals surface area (Å²) in [5, 5.41) is 0. The largest absolute Gasteiger partial charge is 0.328 e. The van der Waals surface area contributed by atoms with Crippen molar-refractivity contribution in [3.05, 3.63) is 68.0 Å². The van der Waals surface area contributed by atoms with Crippen molar-refractivity contribution < 1.29 is 13.6 Å². The summed E-state index contributed by atoms with van der Waals surface area (Å²) < 4.78 is 26.7. The molecule has 0 spiro atoms. The van der Waals surface area contributed by atoms with Crippen LogP contribution >= 0.6 is 0 Å². The molecule has 20 heavy (non-hydrogen) atoms. The summed E-state index contributed by atoms with van der Waals surface area (Å²) in [6.45, 7) is 0.934. The summed E-state index contributed by atoms with van der Waals surface area (Å²) in [5.41, 5.74) is -1.44. The summed E-state index contributed by atoms with van der Waals surface area (Å²) in [6, 6.07) is 3.05. The van der Waals surface area contributed by atoms with Gasteiger partial charge in [-0.15, -0.1) is 0 Å². The molecule has 0 amide bonds. The number of nitrogens with one attached hydrogen (secondary N) is 1. The molecular weight excluding hydrogens is 270 g/mol. The molecule has 2 rings (SSSR count). The SMILES string of the molecule is CC(=O)c1c[nH]c(=O)n(Cc2ccc(F)c(F)c2)c1=O. The van der Waals surface area contributed by atoms with E-state index in [0.29, 0.717) is 0 Å². The first-order valence-corrected chi connectivity index (χ1v) is 5.67. The average Bonchev–Trinajstić information content (AvgIpc) is 2.38. The fourth-order valence-electron chi connectivity index (χ4n) is 1.73. The molecule has 0 bridgehead atoms. The summed E-state index contributed by atoms with van der Waals surface area (Å²) in [4.78, 5) is 37.0. The number of carbonyl (C=O) groups excluding carboxylic acids is 1. The van der Waals surface area contributed by atoms with Gasteiger partial charge in [0.25, 0.3) is 5.56 Å². The molecule has 2 aromatic rings. The Labute approximate surface area is 111 Å². The molecule has 0 saturated carbocycles. The molecule has 0 unspecified atom stereocenters. The van der Waals surface area contributed by atoms with Crippen molar-refractivity contribution in [2.24, 2.45) is 0 Å². The summed E-state index contributed by atoms with van der Waals surface area (Å²) in [7, 11) is 0. The van der Waals surface area contributed by atoms with Gasteiger partial charge in [-0.3, -0.25) is 14.2 Å². The van der Waals surface area contributed by atoms with Crippen LogP contribution in [0.3, 0.4) is 0 Å². The van der Waals surface area contributed by atoms with Crippen LogP contribution in [-0.2, 0) is 6.54 Å². The molecule has 0 fully saturated rings. The molecule has 7 heteroatoms. The standard InChI is InChI=1S/C13H10F2N2O3/c1-7(18)9-5-16-13(20)17(12(9)19)6-8-2-3-10(14)11(15)4-8/h2-5H,6H2,1H3,(H,16,20). The zero-order valence-corrected chi connectivity index (χ0v) is 10.4. The third kappa shape index (κ3) is 2.56. The maximum atomic E-state index is 13.1. The maximum absolute atomic E-state index is 13.1. The van der Waals surface area contributed by atoms with E-state index in [1.54, 1.807) is 0 Å². The number of rotatable bonds is 3. The van der Waals surface area contributed by atoms with Crippen molar-refractivity contribution in [2.75, 3.05) is 0 Å². The van der Waals surface area contributed by atoms with Crippen molar-refractivity contribution in [1.29, 1.82) is 0 Å². The predicted molar refractivity (Wildman–Crippen MR) is 66.8 cm³/mol. The summed E-state index contributed by atoms with van der Waals surface area (Å²) in [6.07, 6.45) is 1.04. The van der Waals surface area contributed by atoms with Crippen LogP contribution in [-0.4, -0.2) is 15.3 Å². The fourth-order valence-corrected chi connectivity index (χ4v) is 1.73. The van der Waals surface area contributed by atoms with Gasteiger partial charge in [-0.05, 0) is 24.6 Å². The Morgan fingerprint density at radius 1 is 1.25 bits per heavy atom. The second kappa shape index (κ2) is 5.20. The molecule has 0 aliphatic heterocycles. The lowest BCUT2D eigenvalue weighted by molar-refractivity contribution is 0.101. The van der Waals surface area contributed by atoms with Gasteiger partial charge in [-0.2, -0.15) is 0 Å². The van der Waals surface area contributed by atoms with Crippen molar-refractivity contribution in [3.8, 4) is 0 Å². The van der Waals surface area contributed by atoms with Gasteiger partial charge < -0.3 is 4.98 Å². The summed E-state index contributed by atoms with van der Waals surface area (Å²) >= 11 is 0. The second-order valence-corrected chi connectivity index (χ2v) is 4.20. The Morgan fingerprint density at radius 3 is 2.55 bits per heavy atom. The number of hydrogen-bond donors (Lipinski definition) is 1. The molecule has 0 aliphatic rings. The van der Waals surface area contributed by atoms with E-state index in [0.717, 1.165) is 22.9 Å². The van der Waals surface area contributed by atoms with Crippen LogP contribution in [0.15, 0.2) is 34.0 Å². The number of Topliss-reactive ketones (excluding diaryl/α,β-unsaturated/α-hetero) is 1. The maximum Gasteiger partial charge on any atom is 0.328 e. The van der Waals surface area contributed by atoms with E-state index in [9.17, 15) is 23.2 Å². The monoisotopic (exact) mass is 280 g/mol. The number of aromatic nitrogens is 2. The van der Waals surface area contributed by atoms with Crippen LogP contribution < -0.4 is 11.2 Å². The lowest BCUT2D eigenvalue weighted by atomic mass is 10.2. The highest BCUT2D eigenvalue weighted by Crippen LogP contribution is 2.08.